The van der Waals surface area contributed by atoms with Gasteiger partial charge < -0.3 is 9.47 Å². The van der Waals surface area contributed by atoms with Gasteiger partial charge in [-0.15, -0.1) is 11.3 Å². The van der Waals surface area contributed by atoms with E-state index in [0.717, 1.165) is 26.4 Å². The van der Waals surface area contributed by atoms with Crippen LogP contribution in [0.4, 0.5) is 5.13 Å². The number of ether oxygens (including phenoxy) is 2. The molecule has 140 valence electrons. The summed E-state index contributed by atoms with van der Waals surface area (Å²) in [7, 11) is 0. The molecule has 1 heterocycles. The largest absolute Gasteiger partial charge is 0.490 e. The minimum atomic E-state index is 0.562. The number of hydrazone groups is 1. The first-order valence-corrected chi connectivity index (χ1v) is 10.3. The van der Waals surface area contributed by atoms with Crippen LogP contribution in [0.3, 0.4) is 0 Å². The van der Waals surface area contributed by atoms with Crippen molar-refractivity contribution in [1.82, 2.24) is 4.98 Å². The van der Waals surface area contributed by atoms with Gasteiger partial charge in [-0.1, -0.05) is 30.3 Å². The quantitative estimate of drug-likeness (QED) is 0.350. The van der Waals surface area contributed by atoms with Crippen molar-refractivity contribution in [2.24, 2.45) is 5.10 Å². The van der Waals surface area contributed by atoms with Crippen molar-refractivity contribution in [3.63, 3.8) is 0 Å². The lowest BCUT2D eigenvalue weighted by Gasteiger charge is -2.13. The molecule has 0 aliphatic carbocycles. The van der Waals surface area contributed by atoms with Crippen LogP contribution in [0.25, 0.3) is 11.3 Å². The van der Waals surface area contributed by atoms with Gasteiger partial charge in [-0.2, -0.15) is 5.10 Å². The molecule has 3 rings (SSSR count). The molecule has 0 bridgehead atoms. The average molecular weight is 446 g/mol. The second-order valence-electron chi connectivity index (χ2n) is 5.47. The third kappa shape index (κ3) is 5.08. The highest BCUT2D eigenvalue weighted by Crippen LogP contribution is 2.36. The fourth-order valence-corrected chi connectivity index (χ4v) is 3.68. The second kappa shape index (κ2) is 9.53. The van der Waals surface area contributed by atoms with Crippen molar-refractivity contribution >= 4 is 38.6 Å². The van der Waals surface area contributed by atoms with Crippen LogP contribution < -0.4 is 14.9 Å². The minimum Gasteiger partial charge on any atom is -0.490 e. The fraction of sp³-hybridized carbons (Fsp3) is 0.200. The van der Waals surface area contributed by atoms with E-state index in [1.165, 1.54) is 11.3 Å². The summed E-state index contributed by atoms with van der Waals surface area (Å²) in [6.07, 6.45) is 1.73. The lowest BCUT2D eigenvalue weighted by atomic mass is 10.2. The Labute approximate surface area is 171 Å². The Hall–Kier alpha value is -2.38. The summed E-state index contributed by atoms with van der Waals surface area (Å²) in [6.45, 7) is 5.02. The Bertz CT molecular complexity index is 913. The molecule has 0 amide bonds. The number of nitrogens with zero attached hydrogens (tertiary/aromatic N) is 2. The Morgan fingerprint density at radius 1 is 1.15 bits per heavy atom. The van der Waals surface area contributed by atoms with E-state index in [9.17, 15) is 0 Å². The van der Waals surface area contributed by atoms with Gasteiger partial charge in [0.15, 0.2) is 11.5 Å². The first kappa shape index (κ1) is 19.4. The highest BCUT2D eigenvalue weighted by Gasteiger charge is 2.11. The van der Waals surface area contributed by atoms with Crippen LogP contribution in [-0.2, 0) is 0 Å². The van der Waals surface area contributed by atoms with E-state index in [1.54, 1.807) is 6.21 Å². The zero-order chi connectivity index (χ0) is 19.1. The monoisotopic (exact) mass is 445 g/mol. The number of halogens is 1. The van der Waals surface area contributed by atoms with Gasteiger partial charge in [0.25, 0.3) is 0 Å². The Morgan fingerprint density at radius 2 is 1.93 bits per heavy atom. The predicted molar refractivity (Wildman–Crippen MR) is 115 cm³/mol. The molecular weight excluding hydrogens is 426 g/mol. The summed E-state index contributed by atoms with van der Waals surface area (Å²) in [5.41, 5.74) is 5.89. The molecule has 0 unspecified atom stereocenters. The third-order valence-corrected chi connectivity index (χ3v) is 4.90. The zero-order valence-corrected chi connectivity index (χ0v) is 17.5. The summed E-state index contributed by atoms with van der Waals surface area (Å²) in [5, 5.41) is 7.04. The maximum atomic E-state index is 5.68. The molecule has 0 atom stereocenters. The van der Waals surface area contributed by atoms with Gasteiger partial charge in [-0.25, -0.2) is 4.98 Å². The molecule has 1 N–H and O–H groups in total. The molecule has 0 saturated heterocycles. The summed E-state index contributed by atoms with van der Waals surface area (Å²) in [4.78, 5) is 4.55. The van der Waals surface area contributed by atoms with E-state index < -0.39 is 0 Å². The molecule has 0 radical (unpaired) electrons. The topological polar surface area (TPSA) is 55.7 Å². The molecule has 0 spiro atoms. The maximum Gasteiger partial charge on any atom is 0.203 e. The van der Waals surface area contributed by atoms with Crippen LogP contribution in [-0.4, -0.2) is 24.4 Å². The van der Waals surface area contributed by atoms with Crippen LogP contribution in [0.1, 0.15) is 19.4 Å². The summed E-state index contributed by atoms with van der Waals surface area (Å²) in [5.74, 6) is 1.40. The number of benzene rings is 2. The summed E-state index contributed by atoms with van der Waals surface area (Å²) < 4.78 is 12.2. The van der Waals surface area contributed by atoms with Gasteiger partial charge in [-0.05, 0) is 47.5 Å². The third-order valence-electron chi connectivity index (χ3n) is 3.57. The van der Waals surface area contributed by atoms with Crippen molar-refractivity contribution in [2.75, 3.05) is 18.6 Å². The van der Waals surface area contributed by atoms with Crippen molar-refractivity contribution in [3.8, 4) is 22.8 Å². The summed E-state index contributed by atoms with van der Waals surface area (Å²) in [6, 6.07) is 13.9. The van der Waals surface area contributed by atoms with Gasteiger partial charge in [0, 0.05) is 10.9 Å². The van der Waals surface area contributed by atoms with E-state index in [0.29, 0.717) is 24.7 Å². The van der Waals surface area contributed by atoms with E-state index in [4.69, 9.17) is 9.47 Å². The summed E-state index contributed by atoms with van der Waals surface area (Å²) >= 11 is 5.05. The van der Waals surface area contributed by atoms with Gasteiger partial charge in [0.05, 0.1) is 29.6 Å². The number of hydrogen-bond donors (Lipinski definition) is 1. The standard InChI is InChI=1S/C20H20BrN3O2S/c1-3-25-18-11-14(10-16(21)19(18)26-4-2)12-22-24-20-23-17(13-27-20)15-8-6-5-7-9-15/h5-13H,3-4H2,1-2H3,(H,23,24)/b22-12-. The maximum absolute atomic E-state index is 5.68. The Kier molecular flexibility index (Phi) is 6.84. The predicted octanol–water partition coefficient (Wildman–Crippen LogP) is 5.82. The van der Waals surface area contributed by atoms with E-state index in [2.05, 4.69) is 31.4 Å². The number of thiazole rings is 1. The molecule has 0 aliphatic heterocycles. The van der Waals surface area contributed by atoms with Crippen LogP contribution in [0, 0.1) is 0 Å². The molecule has 0 saturated carbocycles. The minimum absolute atomic E-state index is 0.562. The molecule has 0 fully saturated rings. The number of hydrogen-bond acceptors (Lipinski definition) is 6. The Morgan fingerprint density at radius 3 is 2.67 bits per heavy atom. The number of anilines is 1. The molecule has 2 aromatic carbocycles. The molecule has 5 nitrogen and oxygen atoms in total. The van der Waals surface area contributed by atoms with Crippen LogP contribution in [0.5, 0.6) is 11.5 Å². The first-order valence-electron chi connectivity index (χ1n) is 8.60. The lowest BCUT2D eigenvalue weighted by Crippen LogP contribution is -2.00. The lowest BCUT2D eigenvalue weighted by molar-refractivity contribution is 0.286. The van der Waals surface area contributed by atoms with E-state index in [-0.39, 0.29) is 0 Å². The Balaban J connectivity index is 1.72. The molecule has 1 aromatic heterocycles. The first-order chi connectivity index (χ1) is 13.2. The molecule has 0 aliphatic rings. The molecule has 27 heavy (non-hydrogen) atoms. The SMILES string of the molecule is CCOc1cc(/C=N\Nc2nc(-c3ccccc3)cs2)cc(Br)c1OCC. The van der Waals surface area contributed by atoms with Crippen molar-refractivity contribution in [2.45, 2.75) is 13.8 Å². The molecule has 7 heteroatoms. The van der Waals surface area contributed by atoms with Gasteiger partial charge in [0.1, 0.15) is 0 Å². The molecular formula is C20H20BrN3O2S. The van der Waals surface area contributed by atoms with Crippen molar-refractivity contribution in [3.05, 3.63) is 57.9 Å². The average Bonchev–Trinajstić information content (AvgIpc) is 3.14. The smallest absolute Gasteiger partial charge is 0.203 e. The van der Waals surface area contributed by atoms with Gasteiger partial charge in [-0.3, -0.25) is 5.43 Å². The van der Waals surface area contributed by atoms with Crippen LogP contribution in [0.15, 0.2) is 57.4 Å². The van der Waals surface area contributed by atoms with Crippen molar-refractivity contribution < 1.29 is 9.47 Å². The number of aromatic nitrogens is 1. The normalized spacial score (nSPS) is 10.9. The van der Waals surface area contributed by atoms with Gasteiger partial charge in [0.2, 0.25) is 5.13 Å². The number of rotatable bonds is 8. The number of nitrogens with one attached hydrogen (secondary N) is 1. The van der Waals surface area contributed by atoms with Crippen LogP contribution >= 0.6 is 27.3 Å². The van der Waals surface area contributed by atoms with E-state index >= 15 is 0 Å². The highest BCUT2D eigenvalue weighted by atomic mass is 79.9. The fourth-order valence-electron chi connectivity index (χ4n) is 2.44. The zero-order valence-electron chi connectivity index (χ0n) is 15.1. The van der Waals surface area contributed by atoms with Gasteiger partial charge >= 0.3 is 0 Å². The molecule has 3 aromatic rings. The highest BCUT2D eigenvalue weighted by molar-refractivity contribution is 9.10. The van der Waals surface area contributed by atoms with Crippen LogP contribution in [0.2, 0.25) is 0 Å². The van der Waals surface area contributed by atoms with Crippen molar-refractivity contribution in [1.29, 1.82) is 0 Å². The second-order valence-corrected chi connectivity index (χ2v) is 7.18. The van der Waals surface area contributed by atoms with E-state index in [1.807, 2.05) is 61.7 Å².